The summed E-state index contributed by atoms with van der Waals surface area (Å²) in [5.74, 6) is 1.71. The standard InChI is InChI=1S/C40H26N4O/c1-25-21-23-26(24-22-25)28-15-9-16-31-29-13-5-7-19-34(29)44(36(28)31)40-42-38(27-11-3-2-4-12-27)41-39(43-40)33-18-10-17-32-30-14-6-8-20-35(30)45-37(32)33/h2-24H,1H3. The highest BCUT2D eigenvalue weighted by atomic mass is 16.3. The molecule has 0 aliphatic rings. The summed E-state index contributed by atoms with van der Waals surface area (Å²) < 4.78 is 8.62. The molecule has 0 atom stereocenters. The highest BCUT2D eigenvalue weighted by molar-refractivity contribution is 6.13. The Bertz CT molecular complexity index is 2540. The third-order valence-electron chi connectivity index (χ3n) is 8.56. The lowest BCUT2D eigenvalue weighted by molar-refractivity contribution is 0.669. The van der Waals surface area contributed by atoms with Crippen molar-refractivity contribution in [1.82, 2.24) is 19.5 Å². The Hall–Kier alpha value is -6.07. The SMILES string of the molecule is Cc1ccc(-c2cccc3c4ccccc4n(-c4nc(-c5ccccc5)nc(-c5cccc6c5oc5ccccc56)n4)c23)cc1. The summed E-state index contributed by atoms with van der Waals surface area (Å²) in [5.41, 5.74) is 8.90. The Balaban J connectivity index is 1.39. The number of fused-ring (bicyclic) bond motifs is 6. The van der Waals surface area contributed by atoms with Crippen LogP contribution in [0.2, 0.25) is 0 Å². The number of nitrogens with zero attached hydrogens (tertiary/aromatic N) is 4. The zero-order valence-electron chi connectivity index (χ0n) is 24.5. The fourth-order valence-electron chi connectivity index (χ4n) is 6.42. The molecule has 5 heteroatoms. The van der Waals surface area contributed by atoms with E-state index in [0.717, 1.165) is 66.0 Å². The molecular formula is C40H26N4O. The minimum Gasteiger partial charge on any atom is -0.455 e. The minimum atomic E-state index is 0.553. The van der Waals surface area contributed by atoms with Crippen molar-refractivity contribution in [2.24, 2.45) is 0 Å². The van der Waals surface area contributed by atoms with Gasteiger partial charge in [0, 0.05) is 32.7 Å². The maximum atomic E-state index is 6.43. The second-order valence-electron chi connectivity index (χ2n) is 11.3. The number of furan rings is 1. The molecule has 6 aromatic carbocycles. The molecule has 3 heterocycles. The van der Waals surface area contributed by atoms with Gasteiger partial charge in [-0.15, -0.1) is 0 Å². The molecule has 0 N–H and O–H groups in total. The van der Waals surface area contributed by atoms with Crippen molar-refractivity contribution in [3.63, 3.8) is 0 Å². The van der Waals surface area contributed by atoms with E-state index in [2.05, 4.69) is 90.4 Å². The van der Waals surface area contributed by atoms with Crippen LogP contribution in [0, 0.1) is 6.92 Å². The monoisotopic (exact) mass is 578 g/mol. The second-order valence-corrected chi connectivity index (χ2v) is 11.3. The number of hydrogen-bond acceptors (Lipinski definition) is 4. The summed E-state index contributed by atoms with van der Waals surface area (Å²) in [4.78, 5) is 15.4. The van der Waals surface area contributed by atoms with Gasteiger partial charge in [-0.3, -0.25) is 4.57 Å². The quantitative estimate of drug-likeness (QED) is 0.208. The zero-order chi connectivity index (χ0) is 29.9. The van der Waals surface area contributed by atoms with E-state index in [1.54, 1.807) is 0 Å². The maximum Gasteiger partial charge on any atom is 0.238 e. The van der Waals surface area contributed by atoms with Crippen molar-refractivity contribution < 1.29 is 4.42 Å². The third-order valence-corrected chi connectivity index (χ3v) is 8.56. The number of aromatic nitrogens is 4. The first-order valence-electron chi connectivity index (χ1n) is 15.0. The molecule has 9 rings (SSSR count). The molecule has 9 aromatic rings. The molecule has 0 unspecified atom stereocenters. The average Bonchev–Trinajstić information content (AvgIpc) is 3.65. The van der Waals surface area contributed by atoms with Gasteiger partial charge < -0.3 is 4.42 Å². The molecule has 0 aliphatic heterocycles. The van der Waals surface area contributed by atoms with Crippen molar-refractivity contribution in [3.8, 4) is 39.9 Å². The molecule has 0 spiro atoms. The molecule has 0 aliphatic carbocycles. The van der Waals surface area contributed by atoms with Gasteiger partial charge >= 0.3 is 0 Å². The van der Waals surface area contributed by atoms with Gasteiger partial charge in [0.1, 0.15) is 11.2 Å². The van der Waals surface area contributed by atoms with Crippen LogP contribution in [0.4, 0.5) is 0 Å². The number of hydrogen-bond donors (Lipinski definition) is 0. The van der Waals surface area contributed by atoms with Crippen LogP contribution in [-0.4, -0.2) is 19.5 Å². The van der Waals surface area contributed by atoms with E-state index in [4.69, 9.17) is 19.4 Å². The Morgan fingerprint density at radius 1 is 0.489 bits per heavy atom. The van der Waals surface area contributed by atoms with E-state index in [9.17, 15) is 0 Å². The van der Waals surface area contributed by atoms with Crippen molar-refractivity contribution in [1.29, 1.82) is 0 Å². The van der Waals surface area contributed by atoms with Gasteiger partial charge in [-0.05, 0) is 30.7 Å². The van der Waals surface area contributed by atoms with Crippen molar-refractivity contribution >= 4 is 43.7 Å². The van der Waals surface area contributed by atoms with E-state index in [1.807, 2.05) is 60.7 Å². The minimum absolute atomic E-state index is 0.553. The molecule has 5 nitrogen and oxygen atoms in total. The molecule has 45 heavy (non-hydrogen) atoms. The molecule has 212 valence electrons. The van der Waals surface area contributed by atoms with Gasteiger partial charge in [-0.25, -0.2) is 4.98 Å². The molecule has 0 amide bonds. The van der Waals surface area contributed by atoms with Crippen molar-refractivity contribution in [2.45, 2.75) is 6.92 Å². The first-order chi connectivity index (χ1) is 22.2. The topological polar surface area (TPSA) is 56.7 Å². The number of para-hydroxylation sites is 4. The lowest BCUT2D eigenvalue weighted by Crippen LogP contribution is -2.07. The zero-order valence-corrected chi connectivity index (χ0v) is 24.5. The van der Waals surface area contributed by atoms with Crippen LogP contribution < -0.4 is 0 Å². The molecular weight excluding hydrogens is 552 g/mol. The van der Waals surface area contributed by atoms with Gasteiger partial charge in [-0.2, -0.15) is 9.97 Å². The fourth-order valence-corrected chi connectivity index (χ4v) is 6.42. The van der Waals surface area contributed by atoms with Gasteiger partial charge in [0.2, 0.25) is 5.95 Å². The van der Waals surface area contributed by atoms with Crippen molar-refractivity contribution in [3.05, 3.63) is 145 Å². The molecule has 0 saturated carbocycles. The Morgan fingerprint density at radius 3 is 2.00 bits per heavy atom. The Morgan fingerprint density at radius 2 is 1.16 bits per heavy atom. The molecule has 0 saturated heterocycles. The Kier molecular flexibility index (Phi) is 5.65. The smallest absolute Gasteiger partial charge is 0.238 e. The first kappa shape index (κ1) is 25.4. The fraction of sp³-hybridized carbons (Fsp3) is 0.0250. The summed E-state index contributed by atoms with van der Waals surface area (Å²) >= 11 is 0. The highest BCUT2D eigenvalue weighted by Gasteiger charge is 2.21. The van der Waals surface area contributed by atoms with Crippen molar-refractivity contribution in [2.75, 3.05) is 0 Å². The number of benzene rings is 6. The van der Waals surface area contributed by atoms with E-state index >= 15 is 0 Å². The summed E-state index contributed by atoms with van der Waals surface area (Å²) in [5, 5.41) is 4.39. The predicted molar refractivity (Wildman–Crippen MR) is 182 cm³/mol. The maximum absolute atomic E-state index is 6.43. The lowest BCUT2D eigenvalue weighted by atomic mass is 10.0. The second kappa shape index (κ2) is 10.00. The highest BCUT2D eigenvalue weighted by Crippen LogP contribution is 2.39. The predicted octanol–water partition coefficient (Wildman–Crippen LogP) is 10.2. The van der Waals surface area contributed by atoms with Crippen LogP contribution in [-0.2, 0) is 0 Å². The van der Waals surface area contributed by atoms with Crippen LogP contribution in [0.3, 0.4) is 0 Å². The van der Waals surface area contributed by atoms with Crippen LogP contribution >= 0.6 is 0 Å². The van der Waals surface area contributed by atoms with Crippen LogP contribution in [0.5, 0.6) is 0 Å². The Labute approximate surface area is 259 Å². The van der Waals surface area contributed by atoms with E-state index in [1.165, 1.54) is 5.56 Å². The van der Waals surface area contributed by atoms with Crippen LogP contribution in [0.1, 0.15) is 5.56 Å². The largest absolute Gasteiger partial charge is 0.455 e. The molecule has 0 radical (unpaired) electrons. The lowest BCUT2D eigenvalue weighted by Gasteiger charge is -2.13. The van der Waals surface area contributed by atoms with E-state index in [0.29, 0.717) is 17.6 Å². The van der Waals surface area contributed by atoms with Crippen LogP contribution in [0.25, 0.3) is 83.6 Å². The average molecular weight is 579 g/mol. The normalized spacial score (nSPS) is 11.7. The van der Waals surface area contributed by atoms with Crippen LogP contribution in [0.15, 0.2) is 144 Å². The summed E-state index contributed by atoms with van der Waals surface area (Å²) in [6.45, 7) is 2.11. The number of aryl methyl sites for hydroxylation is 1. The first-order valence-corrected chi connectivity index (χ1v) is 15.0. The summed E-state index contributed by atoms with van der Waals surface area (Å²) in [7, 11) is 0. The van der Waals surface area contributed by atoms with E-state index in [-0.39, 0.29) is 0 Å². The summed E-state index contributed by atoms with van der Waals surface area (Å²) in [6, 6.07) is 48.0. The summed E-state index contributed by atoms with van der Waals surface area (Å²) in [6.07, 6.45) is 0. The van der Waals surface area contributed by atoms with Gasteiger partial charge in [0.25, 0.3) is 0 Å². The third kappa shape index (κ3) is 4.05. The molecule has 3 aromatic heterocycles. The van der Waals surface area contributed by atoms with Gasteiger partial charge in [0.15, 0.2) is 11.6 Å². The molecule has 0 fully saturated rings. The number of rotatable bonds is 4. The van der Waals surface area contributed by atoms with E-state index < -0.39 is 0 Å². The van der Waals surface area contributed by atoms with Gasteiger partial charge in [-0.1, -0.05) is 127 Å². The molecule has 0 bridgehead atoms. The van der Waals surface area contributed by atoms with Gasteiger partial charge in [0.05, 0.1) is 16.6 Å².